The molecule has 9 nitrogen and oxygen atoms in total. The molecule has 9 heteroatoms. The molecule has 0 saturated carbocycles. The van der Waals surface area contributed by atoms with Crippen LogP contribution in [0.1, 0.15) is 18.5 Å². The summed E-state index contributed by atoms with van der Waals surface area (Å²) in [6.45, 7) is 0.272. The molecule has 5 N–H and O–H groups in total. The third-order valence-electron chi connectivity index (χ3n) is 4.24. The maximum Gasteiger partial charge on any atom is 0.304 e. The highest BCUT2D eigenvalue weighted by molar-refractivity contribution is 5.92. The molecule has 1 aliphatic heterocycles. The van der Waals surface area contributed by atoms with Crippen molar-refractivity contribution in [3.8, 4) is 17.0 Å². The highest BCUT2D eigenvalue weighted by atomic mass is 16.5. The van der Waals surface area contributed by atoms with Gasteiger partial charge in [0, 0.05) is 5.56 Å². The van der Waals surface area contributed by atoms with Gasteiger partial charge < -0.3 is 20.9 Å². The van der Waals surface area contributed by atoms with Crippen molar-refractivity contribution in [3.05, 3.63) is 42.4 Å². The van der Waals surface area contributed by atoms with Gasteiger partial charge in [-0.2, -0.15) is 0 Å². The Bertz CT molecular complexity index is 851. The van der Waals surface area contributed by atoms with Crippen LogP contribution in [0.25, 0.3) is 11.3 Å². The van der Waals surface area contributed by atoms with Crippen LogP contribution in [0, 0.1) is 11.3 Å². The number of nitrogen functional groups attached to an aromatic ring is 1. The summed E-state index contributed by atoms with van der Waals surface area (Å²) in [5, 5.41) is 18.9. The Kier molecular flexibility index (Phi) is 5.30. The van der Waals surface area contributed by atoms with Gasteiger partial charge in [0.2, 0.25) is 5.91 Å². The van der Waals surface area contributed by atoms with Gasteiger partial charge in [-0.3, -0.25) is 20.0 Å². The normalized spacial score (nSPS) is 18.7. The number of carboxylic acid groups (broad SMARTS) is 1. The van der Waals surface area contributed by atoms with Crippen molar-refractivity contribution < 1.29 is 19.4 Å². The largest absolute Gasteiger partial charge is 0.491 e. The van der Waals surface area contributed by atoms with Crippen molar-refractivity contribution in [1.29, 1.82) is 5.41 Å². The number of ether oxygens (including phenoxy) is 1. The molecule has 0 unspecified atom stereocenters. The Morgan fingerprint density at radius 2 is 2.04 bits per heavy atom. The second-order valence-corrected chi connectivity index (χ2v) is 6.27. The second kappa shape index (κ2) is 7.81. The predicted octanol–water partition coefficient (Wildman–Crippen LogP) is 0.786. The van der Waals surface area contributed by atoms with Crippen molar-refractivity contribution in [1.82, 2.24) is 15.3 Å². The topological polar surface area (TPSA) is 151 Å². The molecule has 1 fully saturated rings. The quantitative estimate of drug-likeness (QED) is 0.416. The standard InChI is InChI=1S/C18H19N5O4/c19-17(20)15-8-21-14(7-22-15)10-1-3-13(4-2-10)27-9-12-5-11(6-16(24)25)18(26)23-12/h1-4,7-8,11-12H,5-6,9H2,(H3,19,20)(H,23,26)(H,24,25)/t11-,12-/m0/s1. The SMILES string of the molecule is N=C(N)c1cnc(-c2ccc(OC[C@@H]3C[C@@H](CC(=O)O)C(=O)N3)cc2)cn1. The zero-order chi connectivity index (χ0) is 19.4. The Morgan fingerprint density at radius 3 is 2.63 bits per heavy atom. The highest BCUT2D eigenvalue weighted by Gasteiger charge is 2.33. The van der Waals surface area contributed by atoms with Crippen LogP contribution in [0.5, 0.6) is 5.75 Å². The first-order valence-corrected chi connectivity index (χ1v) is 8.34. The molecule has 140 valence electrons. The lowest BCUT2D eigenvalue weighted by Crippen LogP contribution is -2.31. The van der Waals surface area contributed by atoms with E-state index in [0.717, 1.165) is 5.56 Å². The summed E-state index contributed by atoms with van der Waals surface area (Å²) in [7, 11) is 0. The van der Waals surface area contributed by atoms with Crippen LogP contribution in [0.4, 0.5) is 0 Å². The predicted molar refractivity (Wildman–Crippen MR) is 96.3 cm³/mol. The molecule has 3 rings (SSSR count). The van der Waals surface area contributed by atoms with Crippen molar-refractivity contribution in [3.63, 3.8) is 0 Å². The first-order chi connectivity index (χ1) is 12.9. The van der Waals surface area contributed by atoms with Crippen molar-refractivity contribution in [2.45, 2.75) is 18.9 Å². The van der Waals surface area contributed by atoms with Gasteiger partial charge in [0.15, 0.2) is 0 Å². The molecule has 27 heavy (non-hydrogen) atoms. The van der Waals surface area contributed by atoms with Gasteiger partial charge >= 0.3 is 5.97 Å². The van der Waals surface area contributed by atoms with Gasteiger partial charge in [0.05, 0.1) is 36.5 Å². The van der Waals surface area contributed by atoms with Crippen molar-refractivity contribution in [2.24, 2.45) is 11.7 Å². The lowest BCUT2D eigenvalue weighted by molar-refractivity contribution is -0.140. The molecule has 2 atom stereocenters. The van der Waals surface area contributed by atoms with Crippen LogP contribution in [0.2, 0.25) is 0 Å². The minimum Gasteiger partial charge on any atom is -0.491 e. The number of benzene rings is 1. The Labute approximate surface area is 155 Å². The third kappa shape index (κ3) is 4.57. The fourth-order valence-electron chi connectivity index (χ4n) is 2.86. The molecule has 2 heterocycles. The number of aliphatic carboxylic acids is 1. The second-order valence-electron chi connectivity index (χ2n) is 6.27. The number of nitrogens with two attached hydrogens (primary N) is 1. The molecule has 0 bridgehead atoms. The molecular weight excluding hydrogens is 350 g/mol. The zero-order valence-electron chi connectivity index (χ0n) is 14.4. The number of hydrogen-bond acceptors (Lipinski definition) is 6. The van der Waals surface area contributed by atoms with Crippen LogP contribution < -0.4 is 15.8 Å². The molecule has 0 aliphatic carbocycles. The van der Waals surface area contributed by atoms with Crippen LogP contribution in [-0.2, 0) is 9.59 Å². The first kappa shape index (κ1) is 18.3. The molecule has 1 amide bonds. The fourth-order valence-corrected chi connectivity index (χ4v) is 2.86. The molecular formula is C18H19N5O4. The van der Waals surface area contributed by atoms with E-state index in [1.807, 2.05) is 12.1 Å². The van der Waals surface area contributed by atoms with Crippen molar-refractivity contribution >= 4 is 17.7 Å². The lowest BCUT2D eigenvalue weighted by Gasteiger charge is -2.12. The molecule has 1 aromatic carbocycles. The summed E-state index contributed by atoms with van der Waals surface area (Å²) in [5.74, 6) is -1.24. The van der Waals surface area contributed by atoms with Gasteiger partial charge in [-0.25, -0.2) is 4.98 Å². The van der Waals surface area contributed by atoms with E-state index in [2.05, 4.69) is 15.3 Å². The number of nitrogens with one attached hydrogen (secondary N) is 2. The summed E-state index contributed by atoms with van der Waals surface area (Å²) in [4.78, 5) is 30.8. The molecule has 0 radical (unpaired) electrons. The number of carbonyl (C=O) groups excluding carboxylic acids is 1. The number of aromatic nitrogens is 2. The number of nitrogens with zero attached hydrogens (tertiary/aromatic N) is 2. The summed E-state index contributed by atoms with van der Waals surface area (Å²) in [5.41, 5.74) is 7.15. The molecule has 1 saturated heterocycles. The van der Waals surface area contributed by atoms with Gasteiger partial charge in [-0.1, -0.05) is 0 Å². The van der Waals surface area contributed by atoms with E-state index in [4.69, 9.17) is 21.0 Å². The Morgan fingerprint density at radius 1 is 1.30 bits per heavy atom. The average molecular weight is 369 g/mol. The summed E-state index contributed by atoms with van der Waals surface area (Å²) in [6.07, 6.45) is 3.27. The van der Waals surface area contributed by atoms with E-state index in [1.54, 1.807) is 18.3 Å². The van der Waals surface area contributed by atoms with Crippen molar-refractivity contribution in [2.75, 3.05) is 6.61 Å². The van der Waals surface area contributed by atoms with Crippen LogP contribution in [-0.4, -0.2) is 45.4 Å². The minimum absolute atomic E-state index is 0.137. The van der Waals surface area contributed by atoms with Gasteiger partial charge in [-0.05, 0) is 30.7 Å². The number of carbonyl (C=O) groups is 2. The number of carboxylic acids is 1. The number of amides is 1. The monoisotopic (exact) mass is 369 g/mol. The van der Waals surface area contributed by atoms with E-state index in [-0.39, 0.29) is 30.8 Å². The number of amidine groups is 1. The van der Waals surface area contributed by atoms with E-state index in [9.17, 15) is 9.59 Å². The third-order valence-corrected chi connectivity index (χ3v) is 4.24. The van der Waals surface area contributed by atoms with E-state index < -0.39 is 11.9 Å². The number of hydrogen-bond donors (Lipinski definition) is 4. The summed E-state index contributed by atoms with van der Waals surface area (Å²) < 4.78 is 5.69. The van der Waals surface area contributed by atoms with E-state index in [0.29, 0.717) is 23.6 Å². The first-order valence-electron chi connectivity index (χ1n) is 8.34. The fraction of sp³-hybridized carbons (Fsp3) is 0.278. The van der Waals surface area contributed by atoms with Gasteiger partial charge in [0.1, 0.15) is 23.9 Å². The van der Waals surface area contributed by atoms with Gasteiger partial charge in [0.25, 0.3) is 0 Å². The van der Waals surface area contributed by atoms with E-state index in [1.165, 1.54) is 6.20 Å². The Hall–Kier alpha value is -3.49. The molecule has 1 aromatic heterocycles. The van der Waals surface area contributed by atoms with Crippen LogP contribution in [0.15, 0.2) is 36.7 Å². The summed E-state index contributed by atoms with van der Waals surface area (Å²) >= 11 is 0. The van der Waals surface area contributed by atoms with Crippen LogP contribution in [0.3, 0.4) is 0 Å². The maximum absolute atomic E-state index is 11.7. The average Bonchev–Trinajstić information content (AvgIpc) is 2.99. The smallest absolute Gasteiger partial charge is 0.304 e. The number of rotatable bonds is 7. The molecule has 2 aromatic rings. The van der Waals surface area contributed by atoms with Crippen LogP contribution >= 0.6 is 0 Å². The lowest BCUT2D eigenvalue weighted by atomic mass is 10.0. The van der Waals surface area contributed by atoms with Gasteiger partial charge in [-0.15, -0.1) is 0 Å². The molecule has 1 aliphatic rings. The Balaban J connectivity index is 1.56. The molecule has 0 spiro atoms. The summed E-state index contributed by atoms with van der Waals surface area (Å²) in [6, 6.07) is 7.01. The highest BCUT2D eigenvalue weighted by Crippen LogP contribution is 2.22. The maximum atomic E-state index is 11.7. The minimum atomic E-state index is -0.980. The van der Waals surface area contributed by atoms with E-state index >= 15 is 0 Å². The zero-order valence-corrected chi connectivity index (χ0v) is 14.4.